The summed E-state index contributed by atoms with van der Waals surface area (Å²) in [5.41, 5.74) is 0. The third-order valence-electron chi connectivity index (χ3n) is 1.91. The Hall–Kier alpha value is -1.06. The molecule has 0 aromatic rings. The first kappa shape index (κ1) is 9.03. The second-order valence-corrected chi connectivity index (χ2v) is 3.44. The van der Waals surface area contributed by atoms with Crippen LogP contribution in [0.2, 0.25) is 0 Å². The number of amides is 1. The number of likely N-dealkylation sites (N-methyl/N-ethyl adjacent to an activating group) is 1. The van der Waals surface area contributed by atoms with Crippen molar-refractivity contribution in [2.45, 2.75) is 26.3 Å². The Balaban J connectivity index is 2.63. The fourth-order valence-electron chi connectivity index (χ4n) is 1.21. The van der Waals surface area contributed by atoms with Gasteiger partial charge in [0.25, 0.3) is 0 Å². The van der Waals surface area contributed by atoms with Gasteiger partial charge in [0.15, 0.2) is 0 Å². The zero-order valence-corrected chi connectivity index (χ0v) is 7.53. The van der Waals surface area contributed by atoms with E-state index in [-0.39, 0.29) is 6.04 Å². The number of hydrogen-bond acceptors (Lipinski definition) is 3. The van der Waals surface area contributed by atoms with Crippen molar-refractivity contribution in [1.29, 1.82) is 0 Å². The quantitative estimate of drug-likeness (QED) is 0.460. The van der Waals surface area contributed by atoms with E-state index >= 15 is 0 Å². The van der Waals surface area contributed by atoms with Crippen LogP contribution in [0, 0.1) is 5.92 Å². The van der Waals surface area contributed by atoms with Gasteiger partial charge < -0.3 is 4.74 Å². The molecule has 4 nitrogen and oxygen atoms in total. The number of carbonyl (C=O) groups is 2. The normalized spacial score (nSPS) is 23.7. The summed E-state index contributed by atoms with van der Waals surface area (Å²) in [6.45, 7) is 4.01. The van der Waals surface area contributed by atoms with Gasteiger partial charge in [-0.1, -0.05) is 13.8 Å². The Morgan fingerprint density at radius 3 is 2.42 bits per heavy atom. The maximum Gasteiger partial charge on any atom is 0.418 e. The monoisotopic (exact) mass is 171 g/mol. The molecule has 1 fully saturated rings. The molecule has 0 radical (unpaired) electrons. The van der Waals surface area contributed by atoms with Crippen molar-refractivity contribution in [2.24, 2.45) is 5.92 Å². The number of ether oxygens (including phenoxy) is 1. The van der Waals surface area contributed by atoms with Gasteiger partial charge in [-0.15, -0.1) is 0 Å². The molecule has 1 atom stereocenters. The molecule has 12 heavy (non-hydrogen) atoms. The number of rotatable bonds is 2. The molecule has 0 saturated carbocycles. The molecule has 0 aromatic heterocycles. The molecule has 0 aromatic carbocycles. The van der Waals surface area contributed by atoms with Crippen LogP contribution in [0.25, 0.3) is 0 Å². The molecule has 68 valence electrons. The molecule has 4 heteroatoms. The molecule has 0 aliphatic carbocycles. The molecule has 1 heterocycles. The van der Waals surface area contributed by atoms with Gasteiger partial charge in [-0.25, -0.2) is 9.59 Å². The Morgan fingerprint density at radius 1 is 1.50 bits per heavy atom. The highest BCUT2D eigenvalue weighted by molar-refractivity contribution is 5.95. The Labute approximate surface area is 71.5 Å². The van der Waals surface area contributed by atoms with Gasteiger partial charge in [0, 0.05) is 7.05 Å². The van der Waals surface area contributed by atoms with E-state index in [1.807, 2.05) is 13.8 Å². The van der Waals surface area contributed by atoms with E-state index in [0.717, 1.165) is 0 Å². The minimum absolute atomic E-state index is 0.377. The smallest absolute Gasteiger partial charge is 0.375 e. The van der Waals surface area contributed by atoms with Crippen LogP contribution in [0.3, 0.4) is 0 Å². The molecule has 1 saturated heterocycles. The average Bonchev–Trinajstić information content (AvgIpc) is 2.16. The van der Waals surface area contributed by atoms with Gasteiger partial charge in [0.1, 0.15) is 6.04 Å². The van der Waals surface area contributed by atoms with Crippen LogP contribution in [0.1, 0.15) is 20.3 Å². The van der Waals surface area contributed by atoms with E-state index in [0.29, 0.717) is 12.3 Å². The molecule has 1 aliphatic rings. The highest BCUT2D eigenvalue weighted by Crippen LogP contribution is 2.18. The average molecular weight is 171 g/mol. The molecule has 0 N–H and O–H groups in total. The highest BCUT2D eigenvalue weighted by atomic mass is 16.6. The maximum atomic E-state index is 11.0. The number of cyclic esters (lactones) is 2. The number of carbonyl (C=O) groups excluding carboxylic acids is 2. The molecule has 0 unspecified atom stereocenters. The molecule has 0 bridgehead atoms. The first-order valence-corrected chi connectivity index (χ1v) is 4.01. The molecule has 1 rings (SSSR count). The lowest BCUT2D eigenvalue weighted by atomic mass is 10.0. The Kier molecular flexibility index (Phi) is 2.35. The number of nitrogens with zero attached hydrogens (tertiary/aromatic N) is 1. The number of hydrogen-bond donors (Lipinski definition) is 0. The van der Waals surface area contributed by atoms with Crippen molar-refractivity contribution >= 4 is 12.1 Å². The van der Waals surface area contributed by atoms with Crippen LogP contribution in [0.15, 0.2) is 0 Å². The van der Waals surface area contributed by atoms with E-state index in [2.05, 4.69) is 4.74 Å². The van der Waals surface area contributed by atoms with Crippen molar-refractivity contribution < 1.29 is 14.3 Å². The van der Waals surface area contributed by atoms with E-state index in [1.54, 1.807) is 7.05 Å². The van der Waals surface area contributed by atoms with Gasteiger partial charge in [-0.05, 0) is 12.3 Å². The van der Waals surface area contributed by atoms with Crippen LogP contribution in [0.5, 0.6) is 0 Å². The first-order valence-electron chi connectivity index (χ1n) is 4.01. The van der Waals surface area contributed by atoms with E-state index in [9.17, 15) is 9.59 Å². The van der Waals surface area contributed by atoms with Gasteiger partial charge in [0.2, 0.25) is 0 Å². The SMILES string of the molecule is CC(C)C[C@H]1C(=O)OC(=O)N1C. The van der Waals surface area contributed by atoms with Crippen molar-refractivity contribution in [2.75, 3.05) is 7.05 Å². The van der Waals surface area contributed by atoms with Crippen molar-refractivity contribution in [3.63, 3.8) is 0 Å². The zero-order chi connectivity index (χ0) is 9.30. The number of esters is 1. The molecule has 1 aliphatic heterocycles. The maximum absolute atomic E-state index is 11.0. The largest absolute Gasteiger partial charge is 0.418 e. The van der Waals surface area contributed by atoms with Crippen molar-refractivity contribution in [3.8, 4) is 0 Å². The predicted octanol–water partition coefficient (Wildman–Crippen LogP) is 1.01. The standard InChI is InChI=1S/C8H13NO3/c1-5(2)4-6-7(10)12-8(11)9(6)3/h5-6H,4H2,1-3H3/t6-/m0/s1. The summed E-state index contributed by atoms with van der Waals surface area (Å²) in [7, 11) is 1.58. The van der Waals surface area contributed by atoms with Gasteiger partial charge in [-0.3, -0.25) is 4.90 Å². The fourth-order valence-corrected chi connectivity index (χ4v) is 1.21. The topological polar surface area (TPSA) is 46.6 Å². The lowest BCUT2D eigenvalue weighted by molar-refractivity contribution is -0.136. The van der Waals surface area contributed by atoms with Crippen LogP contribution in [-0.2, 0) is 9.53 Å². The van der Waals surface area contributed by atoms with Crippen molar-refractivity contribution in [1.82, 2.24) is 4.90 Å². The summed E-state index contributed by atoms with van der Waals surface area (Å²) < 4.78 is 4.44. The molecular weight excluding hydrogens is 158 g/mol. The Bertz CT molecular complexity index is 212. The van der Waals surface area contributed by atoms with Crippen LogP contribution in [0.4, 0.5) is 4.79 Å². The van der Waals surface area contributed by atoms with Gasteiger partial charge >= 0.3 is 12.1 Å². The Morgan fingerprint density at radius 2 is 2.08 bits per heavy atom. The summed E-state index contributed by atoms with van der Waals surface area (Å²) >= 11 is 0. The lowest BCUT2D eigenvalue weighted by Crippen LogP contribution is -2.32. The summed E-state index contributed by atoms with van der Waals surface area (Å²) in [6.07, 6.45) is 0.131. The fraction of sp³-hybridized carbons (Fsp3) is 0.750. The second kappa shape index (κ2) is 3.13. The van der Waals surface area contributed by atoms with Crippen LogP contribution >= 0.6 is 0 Å². The van der Waals surface area contributed by atoms with Gasteiger partial charge in [0.05, 0.1) is 0 Å². The van der Waals surface area contributed by atoms with Gasteiger partial charge in [-0.2, -0.15) is 0 Å². The minimum Gasteiger partial charge on any atom is -0.375 e. The summed E-state index contributed by atoms with van der Waals surface area (Å²) in [4.78, 5) is 23.3. The second-order valence-electron chi connectivity index (χ2n) is 3.44. The zero-order valence-electron chi connectivity index (χ0n) is 7.53. The summed E-state index contributed by atoms with van der Waals surface area (Å²) in [5, 5.41) is 0. The van der Waals surface area contributed by atoms with Crippen LogP contribution in [-0.4, -0.2) is 30.1 Å². The van der Waals surface area contributed by atoms with Crippen LogP contribution < -0.4 is 0 Å². The minimum atomic E-state index is -0.536. The predicted molar refractivity (Wildman–Crippen MR) is 42.5 cm³/mol. The van der Waals surface area contributed by atoms with E-state index in [4.69, 9.17) is 0 Å². The van der Waals surface area contributed by atoms with E-state index in [1.165, 1.54) is 4.90 Å². The lowest BCUT2D eigenvalue weighted by Gasteiger charge is -2.15. The molecule has 0 spiro atoms. The third kappa shape index (κ3) is 1.57. The third-order valence-corrected chi connectivity index (χ3v) is 1.91. The summed E-state index contributed by atoms with van der Waals surface area (Å²) in [6, 6.07) is -0.377. The highest BCUT2D eigenvalue weighted by Gasteiger charge is 2.38. The first-order chi connectivity index (χ1) is 5.52. The van der Waals surface area contributed by atoms with E-state index < -0.39 is 12.1 Å². The van der Waals surface area contributed by atoms with Crippen molar-refractivity contribution in [3.05, 3.63) is 0 Å². The summed E-state index contributed by atoms with van der Waals surface area (Å²) in [5.74, 6) is -0.0351. The molecular formula is C8H13NO3. The molecule has 1 amide bonds.